The number of benzene rings is 2. The van der Waals surface area contributed by atoms with E-state index in [0.717, 1.165) is 28.3 Å². The molecule has 0 saturated heterocycles. The molecule has 4 rings (SSSR count). The highest BCUT2D eigenvalue weighted by atomic mass is 16.5. The van der Waals surface area contributed by atoms with Crippen LogP contribution in [-0.4, -0.2) is 33.0 Å². The molecule has 0 radical (unpaired) electrons. The van der Waals surface area contributed by atoms with E-state index in [1.165, 1.54) is 0 Å². The summed E-state index contributed by atoms with van der Waals surface area (Å²) in [7, 11) is 0. The minimum Gasteiger partial charge on any atom is -0.491 e. The number of carbonyl (C=O) groups excluding carboxylic acids is 1. The molecule has 1 amide bonds. The molecule has 31 heavy (non-hydrogen) atoms. The van der Waals surface area contributed by atoms with Crippen LogP contribution in [0.4, 0.5) is 0 Å². The van der Waals surface area contributed by atoms with Crippen molar-refractivity contribution in [2.75, 3.05) is 0 Å². The summed E-state index contributed by atoms with van der Waals surface area (Å²) in [4.78, 5) is 15.0. The van der Waals surface area contributed by atoms with Crippen LogP contribution < -0.4 is 10.2 Å². The molecule has 0 aliphatic rings. The summed E-state index contributed by atoms with van der Waals surface area (Å²) in [5, 5.41) is 8.88. The largest absolute Gasteiger partial charge is 0.491 e. The molecule has 0 aliphatic heterocycles. The Morgan fingerprint density at radius 3 is 2.55 bits per heavy atom. The first-order valence-electron chi connectivity index (χ1n) is 9.99. The number of aromatic amines is 1. The monoisotopic (exact) mass is 413 g/mol. The molecule has 0 bridgehead atoms. The Morgan fingerprint density at radius 2 is 1.87 bits per heavy atom. The van der Waals surface area contributed by atoms with Gasteiger partial charge in [0.25, 0.3) is 5.91 Å². The molecule has 7 heteroatoms. The van der Waals surface area contributed by atoms with Gasteiger partial charge >= 0.3 is 0 Å². The molecule has 0 saturated carbocycles. The molecule has 0 spiro atoms. The number of nitrogens with one attached hydrogen (secondary N) is 2. The number of carbonyl (C=O) groups is 1. The number of hydrazone groups is 1. The Bertz CT molecular complexity index is 1160. The van der Waals surface area contributed by atoms with Gasteiger partial charge in [-0.1, -0.05) is 18.2 Å². The van der Waals surface area contributed by atoms with E-state index < -0.39 is 0 Å². The van der Waals surface area contributed by atoms with E-state index in [-0.39, 0.29) is 12.0 Å². The second kappa shape index (κ2) is 9.13. The van der Waals surface area contributed by atoms with E-state index in [4.69, 9.17) is 9.84 Å². The normalized spacial score (nSPS) is 11.2. The fraction of sp³-hybridized carbons (Fsp3) is 0.125. The van der Waals surface area contributed by atoms with Gasteiger partial charge in [0.05, 0.1) is 18.0 Å². The maximum absolute atomic E-state index is 12.1. The van der Waals surface area contributed by atoms with Crippen molar-refractivity contribution in [3.63, 3.8) is 0 Å². The van der Waals surface area contributed by atoms with Gasteiger partial charge in [0.15, 0.2) is 0 Å². The van der Waals surface area contributed by atoms with Crippen molar-refractivity contribution in [1.82, 2.24) is 20.2 Å². The summed E-state index contributed by atoms with van der Waals surface area (Å²) in [6, 6.07) is 21.0. The number of rotatable bonds is 7. The standard InChI is InChI=1S/C24H23N5O2/c1-17(2)31-21-12-10-18(11-13-21)23-19(15-26-27-24(30)22-9-6-14-25-22)16-29(28-23)20-7-4-3-5-8-20/h3-17,25H,1-2H3,(H,27,30)/b26-15-. The molecule has 2 N–H and O–H groups in total. The Kier molecular flexibility index (Phi) is 5.93. The molecule has 0 fully saturated rings. The lowest BCUT2D eigenvalue weighted by molar-refractivity contribution is 0.0951. The van der Waals surface area contributed by atoms with Gasteiger partial charge in [0.1, 0.15) is 17.1 Å². The third-order valence-corrected chi connectivity index (χ3v) is 4.48. The average Bonchev–Trinajstić information content (AvgIpc) is 3.45. The molecule has 2 aromatic heterocycles. The van der Waals surface area contributed by atoms with Crippen LogP contribution in [0.25, 0.3) is 16.9 Å². The van der Waals surface area contributed by atoms with Crippen LogP contribution in [0.3, 0.4) is 0 Å². The van der Waals surface area contributed by atoms with Crippen molar-refractivity contribution in [2.45, 2.75) is 20.0 Å². The van der Waals surface area contributed by atoms with Crippen molar-refractivity contribution in [3.8, 4) is 22.7 Å². The van der Waals surface area contributed by atoms with Crippen LogP contribution >= 0.6 is 0 Å². The van der Waals surface area contributed by atoms with E-state index >= 15 is 0 Å². The lowest BCUT2D eigenvalue weighted by Gasteiger charge is -2.09. The third-order valence-electron chi connectivity index (χ3n) is 4.48. The zero-order valence-electron chi connectivity index (χ0n) is 17.3. The lowest BCUT2D eigenvalue weighted by atomic mass is 10.1. The fourth-order valence-corrected chi connectivity index (χ4v) is 3.07. The van der Waals surface area contributed by atoms with Gasteiger partial charge in [-0.05, 0) is 62.4 Å². The maximum Gasteiger partial charge on any atom is 0.287 e. The van der Waals surface area contributed by atoms with Gasteiger partial charge in [-0.15, -0.1) is 0 Å². The van der Waals surface area contributed by atoms with E-state index in [1.807, 2.05) is 74.6 Å². The van der Waals surface area contributed by atoms with Crippen LogP contribution in [-0.2, 0) is 0 Å². The number of amides is 1. The number of para-hydroxylation sites is 1. The van der Waals surface area contributed by atoms with Gasteiger partial charge in [0.2, 0.25) is 0 Å². The summed E-state index contributed by atoms with van der Waals surface area (Å²) >= 11 is 0. The number of aromatic nitrogens is 3. The second-order valence-electron chi connectivity index (χ2n) is 7.19. The summed E-state index contributed by atoms with van der Waals surface area (Å²) in [6.45, 7) is 3.98. The highest BCUT2D eigenvalue weighted by Crippen LogP contribution is 2.25. The van der Waals surface area contributed by atoms with Crippen LogP contribution in [0.2, 0.25) is 0 Å². The molecule has 7 nitrogen and oxygen atoms in total. The summed E-state index contributed by atoms with van der Waals surface area (Å²) in [5.41, 5.74) is 6.34. The molecule has 0 aliphatic carbocycles. The second-order valence-corrected chi connectivity index (χ2v) is 7.19. The van der Waals surface area contributed by atoms with Gasteiger partial charge in [-0.2, -0.15) is 10.2 Å². The van der Waals surface area contributed by atoms with Crippen LogP contribution in [0, 0.1) is 0 Å². The van der Waals surface area contributed by atoms with Crippen molar-refractivity contribution >= 4 is 12.1 Å². The smallest absolute Gasteiger partial charge is 0.287 e. The van der Waals surface area contributed by atoms with Crippen molar-refractivity contribution in [2.24, 2.45) is 5.10 Å². The Labute approximate surface area is 180 Å². The van der Waals surface area contributed by atoms with Crippen LogP contribution in [0.15, 0.2) is 84.2 Å². The number of hydrogen-bond donors (Lipinski definition) is 2. The van der Waals surface area contributed by atoms with Crippen molar-refractivity contribution in [3.05, 3.63) is 90.4 Å². The first-order valence-corrected chi connectivity index (χ1v) is 9.99. The minimum atomic E-state index is -0.312. The number of ether oxygens (including phenoxy) is 1. The number of H-pyrrole nitrogens is 1. The molecular weight excluding hydrogens is 390 g/mol. The van der Waals surface area contributed by atoms with Gasteiger partial charge in [-0.25, -0.2) is 10.1 Å². The predicted octanol–water partition coefficient (Wildman–Crippen LogP) is 4.42. The molecule has 0 atom stereocenters. The maximum atomic E-state index is 12.1. The molecule has 2 heterocycles. The van der Waals surface area contributed by atoms with E-state index in [1.54, 1.807) is 29.2 Å². The average molecular weight is 413 g/mol. The van der Waals surface area contributed by atoms with Crippen LogP contribution in [0.1, 0.15) is 29.9 Å². The van der Waals surface area contributed by atoms with E-state index in [0.29, 0.717) is 5.69 Å². The summed E-state index contributed by atoms with van der Waals surface area (Å²) < 4.78 is 7.53. The Balaban J connectivity index is 1.63. The lowest BCUT2D eigenvalue weighted by Crippen LogP contribution is -2.17. The zero-order chi connectivity index (χ0) is 21.6. The molecule has 0 unspecified atom stereocenters. The molecule has 4 aromatic rings. The Hall–Kier alpha value is -4.13. The number of nitrogens with zero attached hydrogens (tertiary/aromatic N) is 3. The number of hydrogen-bond acceptors (Lipinski definition) is 4. The quantitative estimate of drug-likeness (QED) is 0.347. The molecule has 156 valence electrons. The van der Waals surface area contributed by atoms with E-state index in [2.05, 4.69) is 15.5 Å². The first kappa shape index (κ1) is 20.2. The van der Waals surface area contributed by atoms with Crippen molar-refractivity contribution in [1.29, 1.82) is 0 Å². The summed E-state index contributed by atoms with van der Waals surface area (Å²) in [5.74, 6) is 0.489. The highest BCUT2D eigenvalue weighted by Gasteiger charge is 2.12. The van der Waals surface area contributed by atoms with E-state index in [9.17, 15) is 4.79 Å². The SMILES string of the molecule is CC(C)Oc1ccc(-c2nn(-c3ccccc3)cc2/C=N\NC(=O)c2ccc[nH]2)cc1. The Morgan fingerprint density at radius 1 is 1.10 bits per heavy atom. The topological polar surface area (TPSA) is 84.3 Å². The zero-order valence-corrected chi connectivity index (χ0v) is 17.3. The van der Waals surface area contributed by atoms with Gasteiger partial charge in [-0.3, -0.25) is 4.79 Å². The fourth-order valence-electron chi connectivity index (χ4n) is 3.07. The molecular formula is C24H23N5O2. The summed E-state index contributed by atoms with van der Waals surface area (Å²) in [6.07, 6.45) is 5.27. The van der Waals surface area contributed by atoms with Gasteiger partial charge < -0.3 is 9.72 Å². The highest BCUT2D eigenvalue weighted by molar-refractivity contribution is 5.94. The van der Waals surface area contributed by atoms with Crippen LogP contribution in [0.5, 0.6) is 5.75 Å². The first-order chi connectivity index (χ1) is 15.1. The third kappa shape index (κ3) is 4.90. The van der Waals surface area contributed by atoms with Crippen molar-refractivity contribution < 1.29 is 9.53 Å². The molecule has 2 aromatic carbocycles. The predicted molar refractivity (Wildman–Crippen MR) is 121 cm³/mol. The van der Waals surface area contributed by atoms with Gasteiger partial charge in [0, 0.05) is 23.5 Å². The minimum absolute atomic E-state index is 0.106.